The third-order valence-corrected chi connectivity index (χ3v) is 6.73. The summed E-state index contributed by atoms with van der Waals surface area (Å²) < 4.78 is 2.18. The quantitative estimate of drug-likeness (QED) is 0.298. The number of rotatable bonds is 2. The second-order valence-electron chi connectivity index (χ2n) is 7.79. The van der Waals surface area contributed by atoms with E-state index >= 15 is 0 Å². The molecule has 0 atom stereocenters. The highest BCUT2D eigenvalue weighted by Gasteiger charge is 2.18. The highest BCUT2D eigenvalue weighted by Crippen LogP contribution is 2.37. The minimum Gasteiger partial charge on any atom is -0.278 e. The van der Waals surface area contributed by atoms with Crippen LogP contribution in [0.1, 0.15) is 0 Å². The van der Waals surface area contributed by atoms with E-state index < -0.39 is 0 Å². The molecule has 0 aliphatic carbocycles. The minimum absolute atomic E-state index is 0.665. The van der Waals surface area contributed by atoms with Gasteiger partial charge in [-0.15, -0.1) is 11.3 Å². The Morgan fingerprint density at radius 2 is 1.50 bits per heavy atom. The lowest BCUT2D eigenvalue weighted by Gasteiger charge is -2.09. The first-order chi connectivity index (χ1) is 15.9. The SMILES string of the molecule is c1ccc(-c2nc(-n3c4ccccc4c4c5ccccc5ccc43)nc3cscc23)nc1. The summed E-state index contributed by atoms with van der Waals surface area (Å²) in [6.45, 7) is 0. The van der Waals surface area contributed by atoms with Crippen LogP contribution in [-0.2, 0) is 0 Å². The second kappa shape index (κ2) is 6.70. The topological polar surface area (TPSA) is 43.6 Å². The summed E-state index contributed by atoms with van der Waals surface area (Å²) >= 11 is 1.64. The van der Waals surface area contributed by atoms with Crippen molar-refractivity contribution < 1.29 is 0 Å². The summed E-state index contributed by atoms with van der Waals surface area (Å²) in [6.07, 6.45) is 1.81. The van der Waals surface area contributed by atoms with E-state index in [-0.39, 0.29) is 0 Å². The van der Waals surface area contributed by atoms with Crippen molar-refractivity contribution in [2.45, 2.75) is 0 Å². The van der Waals surface area contributed by atoms with Crippen LogP contribution in [0.2, 0.25) is 0 Å². The van der Waals surface area contributed by atoms with Gasteiger partial charge in [0.05, 0.1) is 22.2 Å². The largest absolute Gasteiger partial charge is 0.278 e. The average Bonchev–Trinajstić information content (AvgIpc) is 3.46. The molecule has 3 aromatic carbocycles. The van der Waals surface area contributed by atoms with Gasteiger partial charge in [0, 0.05) is 33.1 Å². The molecular weight excluding hydrogens is 412 g/mol. The van der Waals surface area contributed by atoms with Crippen molar-refractivity contribution in [2.24, 2.45) is 0 Å². The molecule has 0 amide bonds. The third kappa shape index (κ3) is 2.46. The zero-order valence-corrected chi connectivity index (χ0v) is 17.8. The van der Waals surface area contributed by atoms with Crippen LogP contribution in [0.4, 0.5) is 0 Å². The Labute approximate surface area is 187 Å². The molecule has 5 heteroatoms. The van der Waals surface area contributed by atoms with Crippen molar-refractivity contribution in [3.8, 4) is 17.3 Å². The van der Waals surface area contributed by atoms with Crippen LogP contribution in [0.25, 0.3) is 60.8 Å². The van der Waals surface area contributed by atoms with Crippen LogP contribution in [-0.4, -0.2) is 19.5 Å². The molecule has 0 radical (unpaired) electrons. The van der Waals surface area contributed by atoms with Crippen LogP contribution in [0, 0.1) is 0 Å². The fraction of sp³-hybridized carbons (Fsp3) is 0. The van der Waals surface area contributed by atoms with E-state index in [1.54, 1.807) is 11.3 Å². The predicted octanol–water partition coefficient (Wildman–Crippen LogP) is 7.00. The number of hydrogen-bond acceptors (Lipinski definition) is 4. The monoisotopic (exact) mass is 428 g/mol. The summed E-state index contributed by atoms with van der Waals surface area (Å²) in [5.41, 5.74) is 4.85. The molecule has 0 bridgehead atoms. The molecule has 0 N–H and O–H groups in total. The number of para-hydroxylation sites is 1. The predicted molar refractivity (Wildman–Crippen MR) is 132 cm³/mol. The van der Waals surface area contributed by atoms with E-state index in [1.165, 1.54) is 21.5 Å². The fourth-order valence-corrected chi connectivity index (χ4v) is 5.34. The molecule has 0 saturated carbocycles. The standard InChI is InChI=1S/C27H16N4S/c1-2-8-18-17(7-1)12-13-24-25(18)19-9-3-4-11-23(19)31(24)27-29-22-16-32-15-20(22)26(30-27)21-10-5-6-14-28-21/h1-16H. The van der Waals surface area contributed by atoms with Gasteiger partial charge in [-0.1, -0.05) is 54.6 Å². The van der Waals surface area contributed by atoms with Gasteiger partial charge >= 0.3 is 0 Å². The van der Waals surface area contributed by atoms with Gasteiger partial charge in [0.15, 0.2) is 0 Å². The first kappa shape index (κ1) is 17.6. The lowest BCUT2D eigenvalue weighted by Crippen LogP contribution is -2.03. The maximum absolute atomic E-state index is 5.06. The normalized spacial score (nSPS) is 11.8. The van der Waals surface area contributed by atoms with Crippen molar-refractivity contribution in [3.05, 3.63) is 95.8 Å². The number of nitrogens with zero attached hydrogens (tertiary/aromatic N) is 4. The molecule has 0 aliphatic rings. The summed E-state index contributed by atoms with van der Waals surface area (Å²) in [5, 5.41) is 10.1. The molecule has 150 valence electrons. The number of fused-ring (bicyclic) bond motifs is 6. The number of thiophene rings is 1. The van der Waals surface area contributed by atoms with E-state index in [1.807, 2.05) is 24.4 Å². The molecule has 4 nitrogen and oxygen atoms in total. The second-order valence-corrected chi connectivity index (χ2v) is 8.53. The van der Waals surface area contributed by atoms with Gasteiger partial charge in [-0.25, -0.2) is 9.97 Å². The maximum Gasteiger partial charge on any atom is 0.235 e. The van der Waals surface area contributed by atoms with Gasteiger partial charge in [-0.2, -0.15) is 0 Å². The molecular formula is C27H16N4S. The zero-order valence-electron chi connectivity index (χ0n) is 16.9. The first-order valence-electron chi connectivity index (χ1n) is 10.4. The van der Waals surface area contributed by atoms with E-state index in [0.717, 1.165) is 33.3 Å². The van der Waals surface area contributed by atoms with Crippen molar-refractivity contribution in [1.29, 1.82) is 0 Å². The Morgan fingerprint density at radius 3 is 2.41 bits per heavy atom. The Balaban J connectivity index is 1.64. The van der Waals surface area contributed by atoms with Crippen molar-refractivity contribution >= 4 is 54.8 Å². The summed E-state index contributed by atoms with van der Waals surface area (Å²) in [7, 11) is 0. The summed E-state index contributed by atoms with van der Waals surface area (Å²) in [6, 6.07) is 27.3. The van der Waals surface area contributed by atoms with Gasteiger partial charge in [-0.3, -0.25) is 9.55 Å². The number of hydrogen-bond donors (Lipinski definition) is 0. The number of benzene rings is 3. The van der Waals surface area contributed by atoms with Crippen molar-refractivity contribution in [2.75, 3.05) is 0 Å². The zero-order chi connectivity index (χ0) is 21.1. The Morgan fingerprint density at radius 1 is 0.656 bits per heavy atom. The van der Waals surface area contributed by atoms with E-state index in [0.29, 0.717) is 5.95 Å². The molecule has 7 aromatic rings. The number of aromatic nitrogens is 4. The Hall–Kier alpha value is -4.09. The third-order valence-electron chi connectivity index (χ3n) is 6.00. The minimum atomic E-state index is 0.665. The van der Waals surface area contributed by atoms with Gasteiger partial charge in [0.25, 0.3) is 0 Å². The lowest BCUT2D eigenvalue weighted by molar-refractivity contribution is 1.01. The van der Waals surface area contributed by atoms with E-state index in [4.69, 9.17) is 9.97 Å². The molecule has 0 aliphatic heterocycles. The Bertz CT molecular complexity index is 1780. The molecule has 0 saturated heterocycles. The lowest BCUT2D eigenvalue weighted by atomic mass is 10.0. The van der Waals surface area contributed by atoms with Gasteiger partial charge < -0.3 is 0 Å². The van der Waals surface area contributed by atoms with E-state index in [9.17, 15) is 0 Å². The van der Waals surface area contributed by atoms with Crippen LogP contribution < -0.4 is 0 Å². The van der Waals surface area contributed by atoms with Crippen molar-refractivity contribution in [3.63, 3.8) is 0 Å². The summed E-state index contributed by atoms with van der Waals surface area (Å²) in [5.74, 6) is 0.665. The molecule has 0 unspecified atom stereocenters. The molecule has 0 fully saturated rings. The van der Waals surface area contributed by atoms with Crippen molar-refractivity contribution in [1.82, 2.24) is 19.5 Å². The molecule has 32 heavy (non-hydrogen) atoms. The summed E-state index contributed by atoms with van der Waals surface area (Å²) in [4.78, 5) is 14.6. The average molecular weight is 429 g/mol. The van der Waals surface area contributed by atoms with Crippen LogP contribution in [0.5, 0.6) is 0 Å². The smallest absolute Gasteiger partial charge is 0.235 e. The van der Waals surface area contributed by atoms with Gasteiger partial charge in [0.1, 0.15) is 5.69 Å². The highest BCUT2D eigenvalue weighted by molar-refractivity contribution is 7.09. The van der Waals surface area contributed by atoms with Gasteiger partial charge in [-0.05, 0) is 35.0 Å². The first-order valence-corrected chi connectivity index (χ1v) is 11.4. The molecule has 4 heterocycles. The molecule has 7 rings (SSSR count). The molecule has 0 spiro atoms. The Kier molecular flexibility index (Phi) is 3.68. The molecule has 4 aromatic heterocycles. The van der Waals surface area contributed by atoms with Gasteiger partial charge in [0.2, 0.25) is 5.95 Å². The maximum atomic E-state index is 5.06. The van der Waals surface area contributed by atoms with Crippen LogP contribution >= 0.6 is 11.3 Å². The fourth-order valence-electron chi connectivity index (χ4n) is 4.60. The van der Waals surface area contributed by atoms with Crippen LogP contribution in [0.3, 0.4) is 0 Å². The van der Waals surface area contributed by atoms with E-state index in [2.05, 4.69) is 81.0 Å². The highest BCUT2D eigenvalue weighted by atomic mass is 32.1. The van der Waals surface area contributed by atoms with Crippen LogP contribution in [0.15, 0.2) is 95.8 Å². The number of pyridine rings is 1.